The van der Waals surface area contributed by atoms with Gasteiger partial charge in [0.1, 0.15) is 65.7 Å². The van der Waals surface area contributed by atoms with E-state index >= 15 is 0 Å². The number of likely N-dealkylation sites (tertiary alicyclic amines) is 2. The second-order valence-corrected chi connectivity index (χ2v) is 47.3. The molecule has 6 saturated carbocycles. The van der Waals surface area contributed by atoms with Gasteiger partial charge in [-0.15, -0.1) is 0 Å². The van der Waals surface area contributed by atoms with E-state index in [0.29, 0.717) is 70.0 Å². The number of ether oxygens (including phenoxy) is 3. The molecule has 4 saturated heterocycles. The zero-order chi connectivity index (χ0) is 109. The van der Waals surface area contributed by atoms with Gasteiger partial charge < -0.3 is 98.0 Å². The smallest absolute Gasteiger partial charge is 0.408 e. The van der Waals surface area contributed by atoms with Crippen LogP contribution >= 0.6 is 0 Å². The van der Waals surface area contributed by atoms with Gasteiger partial charge in [-0.25, -0.2) is 19.4 Å². The molecule has 16 atom stereocenters. The van der Waals surface area contributed by atoms with Crippen molar-refractivity contribution in [2.45, 2.75) is 412 Å². The number of carbonyl (C=O) groups excluding carboxylic acids is 19. The number of nitrogens with two attached hydrogens (primary N) is 1. The number of carbonyl (C=O) groups is 19. The second-order valence-electron chi connectivity index (χ2n) is 47.3. The van der Waals surface area contributed by atoms with E-state index in [-0.39, 0.29) is 90.0 Å². The molecule has 40 heteroatoms. The number of hydrogen-bond donors (Lipinski definition) is 12. The molecule has 0 bridgehead atoms. The number of urea groups is 1. The minimum absolute atomic E-state index is 0.0132. The fourth-order valence-corrected chi connectivity index (χ4v) is 21.8. The number of nitrogens with one attached hydrogen (secondary N) is 11. The Morgan fingerprint density at radius 3 is 1.69 bits per heavy atom. The largest absolute Gasteiger partial charge is 0.461 e. The van der Waals surface area contributed by atoms with Crippen molar-refractivity contribution in [1.29, 1.82) is 0 Å². The first-order valence-corrected chi connectivity index (χ1v) is 54.4. The monoisotopic (exact) mass is 2080 g/mol. The van der Waals surface area contributed by atoms with Gasteiger partial charge in [0.15, 0.2) is 0 Å². The van der Waals surface area contributed by atoms with Crippen LogP contribution in [-0.4, -0.2) is 278 Å². The van der Waals surface area contributed by atoms with E-state index in [2.05, 4.69) is 68.5 Å². The Morgan fingerprint density at radius 1 is 0.564 bits per heavy atom. The van der Waals surface area contributed by atoms with Crippen molar-refractivity contribution in [3.8, 4) is 0 Å². The predicted octanol–water partition coefficient (Wildman–Crippen LogP) is 8.17. The molecule has 3 unspecified atom stereocenters. The van der Waals surface area contributed by atoms with E-state index in [0.717, 1.165) is 141 Å². The van der Waals surface area contributed by atoms with Gasteiger partial charge in [-0.05, 0) is 203 Å². The number of likely N-dealkylation sites (N-methyl/N-ethyl adjacent to an activating group) is 1. The van der Waals surface area contributed by atoms with Crippen LogP contribution in [-0.2, 0) is 90.9 Å². The molecule has 1 aromatic carbocycles. The van der Waals surface area contributed by atoms with Crippen molar-refractivity contribution in [1.82, 2.24) is 88.1 Å². The van der Waals surface area contributed by atoms with Crippen LogP contribution in [0.2, 0.25) is 0 Å². The fraction of sp³-hybridized carbons (Fsp3) is 0.734. The zero-order valence-corrected chi connectivity index (χ0v) is 90.9. The molecule has 12 rings (SSSR count). The highest BCUT2D eigenvalue weighted by molar-refractivity contribution is 6.39. The quantitative estimate of drug-likeness (QED) is 0.0221. The van der Waals surface area contributed by atoms with Crippen LogP contribution in [0.25, 0.3) is 0 Å². The zero-order valence-electron chi connectivity index (χ0n) is 90.9. The number of benzene rings is 1. The number of esters is 1. The molecule has 40 nitrogen and oxygen atoms in total. The maximum Gasteiger partial charge on any atom is 0.408 e. The van der Waals surface area contributed by atoms with Gasteiger partial charge in [0.25, 0.3) is 23.6 Å². The molecule has 826 valence electrons. The Balaban J connectivity index is 0.000000230. The summed E-state index contributed by atoms with van der Waals surface area (Å²) >= 11 is 0. The number of aromatic nitrogens is 2. The SMILES string of the molecule is CC(C)C[C@@H](C(=O)NC(CC1CCC1)C(=O)C(N)=O)N1CCCCCC[C@H](NC(=O)N[C@H](C(=O)OC(C)C)C(C)(C)C)C1=O.CCC[C@H](NC(=O)[C@@H]1[C@H]2CCC[C@H]2CN1C(=O)[C@@H](NC(=O)[C@@H](NC(=O)c1cnccn1)C1CCCCC1)C(C)(C)C)C(=O)C(=O)NC1CC1.CN(C)C(=O)[C@@H](NC(=O)CNC(=O)C(=O)C(CC1CC1)NC(=O)C1[C@H]2CC(C)(C)O[C@H]2CN1C(=O)[C@@H](NC(=O)OC(C)(C)C)C1CCCCC1)c1ccccc1. The topological polar surface area (TPSA) is 549 Å². The highest BCUT2D eigenvalue weighted by atomic mass is 16.6. The van der Waals surface area contributed by atoms with Crippen LogP contribution in [0.4, 0.5) is 9.59 Å². The average Bonchev–Trinajstić information content (AvgIpc) is 1.60. The molecule has 6 aliphatic carbocycles. The molecule has 5 heterocycles. The number of hydrogen-bond acceptors (Lipinski definition) is 24. The van der Waals surface area contributed by atoms with Crippen LogP contribution < -0.4 is 64.2 Å². The lowest BCUT2D eigenvalue weighted by Crippen LogP contribution is -2.62. The predicted molar refractivity (Wildman–Crippen MR) is 552 cm³/mol. The van der Waals surface area contributed by atoms with E-state index in [1.54, 1.807) is 83.9 Å². The standard InChI is InChI=1S/C41H60N6O9.C36H53N7O6.C32H55N5O7/c1-40(2,3)56-39(54)45-32(26-16-12-9-13-17-26)38(53)47-23-29-27(21-41(4,5)55-29)33(47)35(50)43-28(20-24-18-19-24)34(49)36(51)42-22-30(48)44-31(37(52)46(6)7)25-14-10-8-11-15-25;1-5-10-25(29(44)34(48)39-23-15-16-23)40-33(47)28-24-14-9-13-22(24)20-43(28)35(49)30(36(2,3)4)42-32(46)27(21-11-7-6-8-12-21)41-31(45)26-19-37-17-18-38-26;1-19(2)17-24(28(40)34-23(25(38)27(33)39)18-21-13-12-14-21)37-16-11-9-8-10-15-22(29(37)41)35-31(43)36-26(32(5,6)7)30(42)44-20(3)4/h8,10-11,14-15,24,26-29,31-33H,9,12-13,16-23H2,1-7H3,(H,42,51)(H,43,50)(H,44,48)(H,45,54);17-19,21-25,27-28,30H,5-16,20H2,1-4H3,(H,39,48)(H,40,47)(H,41,45)(H,42,46);19-24,26H,8-18H2,1-7H3,(H2,33,39)(H,34,40)(H2,35,36,43)/t27-,28?,29-,31-,32-,33?;22-,24-,25-,27-,28-,30+;22-,23?,24-,26+/m000/s1. The van der Waals surface area contributed by atoms with Gasteiger partial charge in [-0.2, -0.15) is 0 Å². The van der Waals surface area contributed by atoms with Gasteiger partial charge in [0, 0.05) is 58.1 Å². The molecule has 1 aromatic heterocycles. The van der Waals surface area contributed by atoms with Crippen LogP contribution in [0.3, 0.4) is 0 Å². The fourth-order valence-electron chi connectivity index (χ4n) is 21.8. The highest BCUT2D eigenvalue weighted by Crippen LogP contribution is 2.47. The molecule has 2 aromatic rings. The summed E-state index contributed by atoms with van der Waals surface area (Å²) in [5.41, 5.74) is 3.23. The first kappa shape index (κ1) is 119. The number of Topliss-reactive ketones (excluding diaryl/α,β-unsaturated/α-hetero) is 3. The Morgan fingerprint density at radius 2 is 1.13 bits per heavy atom. The lowest BCUT2D eigenvalue weighted by atomic mass is 9.80. The van der Waals surface area contributed by atoms with Gasteiger partial charge in [0.05, 0.1) is 48.7 Å². The number of nitrogens with zero attached hydrogens (tertiary/aromatic N) is 6. The number of fused-ring (bicyclic) bond motifs is 2. The molecular weight excluding hydrogens is 1910 g/mol. The molecule has 0 spiro atoms. The third-order valence-corrected chi connectivity index (χ3v) is 30.0. The summed E-state index contributed by atoms with van der Waals surface area (Å²) in [4.78, 5) is 269. The molecule has 10 aliphatic rings. The normalized spacial score (nSPS) is 22.8. The summed E-state index contributed by atoms with van der Waals surface area (Å²) in [7, 11) is 3.13. The maximum absolute atomic E-state index is 14.6. The van der Waals surface area contributed by atoms with Gasteiger partial charge >= 0.3 is 18.1 Å². The number of primary amides is 1. The second kappa shape index (κ2) is 53.9. The van der Waals surface area contributed by atoms with Gasteiger partial charge in [0.2, 0.25) is 70.5 Å². The summed E-state index contributed by atoms with van der Waals surface area (Å²) in [6.45, 7) is 29.6. The highest BCUT2D eigenvalue weighted by Gasteiger charge is 2.59. The van der Waals surface area contributed by atoms with Crippen LogP contribution in [0.1, 0.15) is 332 Å². The van der Waals surface area contributed by atoms with E-state index in [4.69, 9.17) is 19.9 Å². The first-order chi connectivity index (χ1) is 70.2. The Hall–Kier alpha value is -11.6. The van der Waals surface area contributed by atoms with Crippen LogP contribution in [0.15, 0.2) is 48.9 Å². The van der Waals surface area contributed by atoms with Crippen molar-refractivity contribution in [2.75, 3.05) is 40.3 Å². The third kappa shape index (κ3) is 34.7. The van der Waals surface area contributed by atoms with E-state index < -0.39 is 208 Å². The molecule has 0 radical (unpaired) electrons. The number of ketones is 3. The average molecular weight is 2080 g/mol. The summed E-state index contributed by atoms with van der Waals surface area (Å²) in [5.74, 6) is -10.8. The van der Waals surface area contributed by atoms with E-state index in [1.807, 2.05) is 76.2 Å². The Bertz CT molecular complexity index is 5010. The van der Waals surface area contributed by atoms with Crippen LogP contribution in [0, 0.1) is 58.2 Å². The van der Waals surface area contributed by atoms with Gasteiger partial charge in [-0.3, -0.25) is 81.7 Å². The minimum Gasteiger partial charge on any atom is -0.461 e. The van der Waals surface area contributed by atoms with Crippen molar-refractivity contribution in [3.05, 3.63) is 60.2 Å². The van der Waals surface area contributed by atoms with Crippen molar-refractivity contribution >= 4 is 112 Å². The lowest BCUT2D eigenvalue weighted by molar-refractivity contribution is -0.152. The molecule has 149 heavy (non-hydrogen) atoms. The molecular formula is C109H168N18O22. The first-order valence-electron chi connectivity index (χ1n) is 54.4. The minimum atomic E-state index is -1.20. The molecule has 16 amide bonds. The van der Waals surface area contributed by atoms with Crippen molar-refractivity contribution < 1.29 is 105 Å². The summed E-state index contributed by atoms with van der Waals surface area (Å²) in [6.07, 6.45) is 26.0. The van der Waals surface area contributed by atoms with Gasteiger partial charge in [-0.1, -0.05) is 195 Å². The third-order valence-electron chi connectivity index (χ3n) is 30.0. The molecule has 4 aliphatic heterocycles. The Kier molecular flexibility index (Phi) is 43.1. The summed E-state index contributed by atoms with van der Waals surface area (Å²) in [6, 6.07) is -3.70. The maximum atomic E-state index is 14.6. The Labute approximate surface area is 877 Å². The van der Waals surface area contributed by atoms with Crippen molar-refractivity contribution in [2.24, 2.45) is 63.9 Å². The number of rotatable bonds is 40. The van der Waals surface area contributed by atoms with Crippen LogP contribution in [0.5, 0.6) is 0 Å². The molecule has 13 N–H and O–H groups in total. The number of amides is 16. The molecule has 10 fully saturated rings. The lowest BCUT2D eigenvalue weighted by Gasteiger charge is -2.38. The summed E-state index contributed by atoms with van der Waals surface area (Å²) in [5, 5.41) is 30.4. The summed E-state index contributed by atoms with van der Waals surface area (Å²) < 4.78 is 17.2. The van der Waals surface area contributed by atoms with E-state index in [9.17, 15) is 91.1 Å². The van der Waals surface area contributed by atoms with E-state index in [1.165, 1.54) is 33.3 Å². The van der Waals surface area contributed by atoms with Crippen molar-refractivity contribution in [3.63, 3.8) is 0 Å². The number of alkyl carbamates (subject to hydrolysis) is 1.